The molecule has 0 spiro atoms. The van der Waals surface area contributed by atoms with E-state index in [4.69, 9.17) is 9.15 Å². The van der Waals surface area contributed by atoms with Crippen LogP contribution in [0.5, 0.6) is 5.75 Å². The Kier molecular flexibility index (Phi) is 5.43. The molecule has 1 saturated carbocycles. The van der Waals surface area contributed by atoms with Gasteiger partial charge in [-0.05, 0) is 51.0 Å². The summed E-state index contributed by atoms with van der Waals surface area (Å²) in [4.78, 5) is 24.4. The second kappa shape index (κ2) is 7.64. The van der Waals surface area contributed by atoms with Gasteiger partial charge in [-0.1, -0.05) is 0 Å². The number of nitrogens with one attached hydrogen (secondary N) is 3. The molecule has 1 heterocycles. The standard InChI is InChI=1S/C18H21N3O6S/c1-10-8-14(11(2)27-10)18(23)20-19-17(22)12-4-7-15(26-3)16(9-12)28(24,25)21-13-5-6-13/h4,7-9,13,21H,5-6H2,1-3H3,(H,19,22)(H,20,23). The number of aryl methyl sites for hydroxylation is 2. The van der Waals surface area contributed by atoms with E-state index in [1.807, 2.05) is 0 Å². The van der Waals surface area contributed by atoms with Gasteiger partial charge in [-0.25, -0.2) is 13.1 Å². The van der Waals surface area contributed by atoms with Gasteiger partial charge < -0.3 is 9.15 Å². The van der Waals surface area contributed by atoms with Crippen LogP contribution in [0.3, 0.4) is 0 Å². The zero-order valence-corrected chi connectivity index (χ0v) is 16.5. The van der Waals surface area contributed by atoms with E-state index in [9.17, 15) is 18.0 Å². The molecule has 0 aliphatic heterocycles. The highest BCUT2D eigenvalue weighted by atomic mass is 32.2. The van der Waals surface area contributed by atoms with Crippen LogP contribution in [0.4, 0.5) is 0 Å². The van der Waals surface area contributed by atoms with E-state index in [1.54, 1.807) is 19.9 Å². The van der Waals surface area contributed by atoms with Crippen molar-refractivity contribution >= 4 is 21.8 Å². The van der Waals surface area contributed by atoms with E-state index in [-0.39, 0.29) is 22.3 Å². The van der Waals surface area contributed by atoms with Crippen LogP contribution in [0.15, 0.2) is 33.6 Å². The molecule has 1 aromatic carbocycles. The molecular formula is C18H21N3O6S. The fraction of sp³-hybridized carbons (Fsp3) is 0.333. The topological polar surface area (TPSA) is 127 Å². The SMILES string of the molecule is COc1ccc(C(=O)NNC(=O)c2cc(C)oc2C)cc1S(=O)(=O)NC1CC1. The predicted octanol–water partition coefficient (Wildman–Crippen LogP) is 1.42. The number of benzene rings is 1. The Morgan fingerprint density at radius 1 is 1.11 bits per heavy atom. The van der Waals surface area contributed by atoms with Crippen molar-refractivity contribution in [3.8, 4) is 5.75 Å². The molecule has 28 heavy (non-hydrogen) atoms. The molecule has 2 amide bonds. The quantitative estimate of drug-likeness (QED) is 0.622. The molecule has 0 radical (unpaired) electrons. The molecular weight excluding hydrogens is 386 g/mol. The molecule has 10 heteroatoms. The summed E-state index contributed by atoms with van der Waals surface area (Å²) >= 11 is 0. The predicted molar refractivity (Wildman–Crippen MR) is 99.5 cm³/mol. The van der Waals surface area contributed by atoms with Gasteiger partial charge in [0.1, 0.15) is 22.2 Å². The third-order valence-electron chi connectivity index (χ3n) is 4.19. The fourth-order valence-electron chi connectivity index (χ4n) is 2.62. The first-order valence-corrected chi connectivity index (χ1v) is 10.1. The van der Waals surface area contributed by atoms with Crippen molar-refractivity contribution in [2.75, 3.05) is 7.11 Å². The molecule has 1 aliphatic rings. The lowest BCUT2D eigenvalue weighted by atomic mass is 10.2. The van der Waals surface area contributed by atoms with Crippen LogP contribution in [0.2, 0.25) is 0 Å². The number of hydrazine groups is 1. The molecule has 3 rings (SSSR count). The highest BCUT2D eigenvalue weighted by molar-refractivity contribution is 7.89. The summed E-state index contributed by atoms with van der Waals surface area (Å²) in [7, 11) is -2.48. The largest absolute Gasteiger partial charge is 0.495 e. The minimum absolute atomic E-state index is 0.0531. The Hall–Kier alpha value is -2.85. The second-order valence-electron chi connectivity index (χ2n) is 6.50. The number of amides is 2. The van der Waals surface area contributed by atoms with Gasteiger partial charge in [0.2, 0.25) is 10.0 Å². The van der Waals surface area contributed by atoms with Crippen LogP contribution in [-0.4, -0.2) is 33.4 Å². The monoisotopic (exact) mass is 407 g/mol. The molecule has 0 atom stereocenters. The number of methoxy groups -OCH3 is 1. The van der Waals surface area contributed by atoms with Crippen molar-refractivity contribution < 1.29 is 27.2 Å². The zero-order valence-electron chi connectivity index (χ0n) is 15.7. The van der Waals surface area contributed by atoms with Crippen molar-refractivity contribution in [1.82, 2.24) is 15.6 Å². The van der Waals surface area contributed by atoms with E-state index >= 15 is 0 Å². The molecule has 1 aliphatic carbocycles. The van der Waals surface area contributed by atoms with Crippen molar-refractivity contribution in [2.24, 2.45) is 0 Å². The first kappa shape index (κ1) is 19.9. The normalized spacial score (nSPS) is 13.8. The highest BCUT2D eigenvalue weighted by Gasteiger charge is 2.30. The zero-order chi connectivity index (χ0) is 20.5. The number of hydrogen-bond donors (Lipinski definition) is 3. The molecule has 0 unspecified atom stereocenters. The van der Waals surface area contributed by atoms with Crippen LogP contribution in [0.25, 0.3) is 0 Å². The van der Waals surface area contributed by atoms with Gasteiger partial charge in [0.25, 0.3) is 11.8 Å². The van der Waals surface area contributed by atoms with Gasteiger partial charge in [-0.3, -0.25) is 20.4 Å². The Morgan fingerprint density at radius 3 is 2.36 bits per heavy atom. The van der Waals surface area contributed by atoms with Gasteiger partial charge in [-0.15, -0.1) is 0 Å². The number of carbonyl (C=O) groups is 2. The molecule has 1 fully saturated rings. The van der Waals surface area contributed by atoms with Crippen LogP contribution >= 0.6 is 0 Å². The Bertz CT molecular complexity index is 1020. The summed E-state index contributed by atoms with van der Waals surface area (Å²) in [6.45, 7) is 3.34. The second-order valence-corrected chi connectivity index (χ2v) is 8.18. The molecule has 3 N–H and O–H groups in total. The lowest BCUT2D eigenvalue weighted by Crippen LogP contribution is -2.41. The molecule has 9 nitrogen and oxygen atoms in total. The lowest BCUT2D eigenvalue weighted by Gasteiger charge is -2.12. The first-order chi connectivity index (χ1) is 13.2. The summed E-state index contributed by atoms with van der Waals surface area (Å²) < 4.78 is 38.0. The van der Waals surface area contributed by atoms with E-state index in [0.29, 0.717) is 17.1 Å². The number of rotatable bonds is 6. The van der Waals surface area contributed by atoms with Gasteiger partial charge in [0.15, 0.2) is 0 Å². The van der Waals surface area contributed by atoms with E-state index < -0.39 is 21.8 Å². The van der Waals surface area contributed by atoms with E-state index in [2.05, 4.69) is 15.6 Å². The molecule has 150 valence electrons. The third-order valence-corrected chi connectivity index (χ3v) is 5.73. The van der Waals surface area contributed by atoms with Crippen molar-refractivity contribution in [1.29, 1.82) is 0 Å². The number of hydrogen-bond acceptors (Lipinski definition) is 6. The summed E-state index contributed by atoms with van der Waals surface area (Å²) in [6.07, 6.45) is 1.56. The summed E-state index contributed by atoms with van der Waals surface area (Å²) in [5.74, 6) is -0.0928. The van der Waals surface area contributed by atoms with Crippen molar-refractivity contribution in [3.05, 3.63) is 46.9 Å². The highest BCUT2D eigenvalue weighted by Crippen LogP contribution is 2.28. The minimum Gasteiger partial charge on any atom is -0.495 e. The summed E-state index contributed by atoms with van der Waals surface area (Å²) in [6, 6.07) is 5.47. The lowest BCUT2D eigenvalue weighted by molar-refractivity contribution is 0.0845. The van der Waals surface area contributed by atoms with E-state index in [0.717, 1.165) is 12.8 Å². The fourth-order valence-corrected chi connectivity index (χ4v) is 4.12. The van der Waals surface area contributed by atoms with E-state index in [1.165, 1.54) is 25.3 Å². The molecule has 1 aromatic heterocycles. The average molecular weight is 407 g/mol. The number of furan rings is 1. The molecule has 0 bridgehead atoms. The Morgan fingerprint density at radius 2 is 1.79 bits per heavy atom. The van der Waals surface area contributed by atoms with Crippen molar-refractivity contribution in [3.63, 3.8) is 0 Å². The number of ether oxygens (including phenoxy) is 1. The number of carbonyl (C=O) groups excluding carboxylic acids is 2. The van der Waals surface area contributed by atoms with Gasteiger partial charge in [0.05, 0.1) is 12.7 Å². The summed E-state index contributed by atoms with van der Waals surface area (Å²) in [5.41, 5.74) is 4.90. The maximum Gasteiger partial charge on any atom is 0.273 e. The van der Waals surface area contributed by atoms with Crippen LogP contribution < -0.4 is 20.3 Å². The minimum atomic E-state index is -3.83. The summed E-state index contributed by atoms with van der Waals surface area (Å²) in [5, 5.41) is 0. The smallest absolute Gasteiger partial charge is 0.273 e. The first-order valence-electron chi connectivity index (χ1n) is 8.59. The Balaban J connectivity index is 1.75. The third kappa shape index (κ3) is 4.34. The maximum absolute atomic E-state index is 12.5. The van der Waals surface area contributed by atoms with Gasteiger partial charge >= 0.3 is 0 Å². The molecule has 2 aromatic rings. The van der Waals surface area contributed by atoms with Gasteiger partial charge in [0, 0.05) is 11.6 Å². The average Bonchev–Trinajstić information content (AvgIpc) is 3.39. The molecule has 0 saturated heterocycles. The van der Waals surface area contributed by atoms with Gasteiger partial charge in [-0.2, -0.15) is 0 Å². The van der Waals surface area contributed by atoms with Crippen molar-refractivity contribution in [2.45, 2.75) is 37.6 Å². The number of sulfonamides is 1. The maximum atomic E-state index is 12.5. The van der Waals surface area contributed by atoms with Crippen LogP contribution in [0.1, 0.15) is 45.1 Å². The van der Waals surface area contributed by atoms with Crippen LogP contribution in [0, 0.1) is 13.8 Å². The van der Waals surface area contributed by atoms with Crippen LogP contribution in [-0.2, 0) is 10.0 Å². The Labute approximate surface area is 162 Å².